The van der Waals surface area contributed by atoms with E-state index < -0.39 is 11.7 Å². The fourth-order valence-corrected chi connectivity index (χ4v) is 2.74. The van der Waals surface area contributed by atoms with E-state index >= 15 is 0 Å². The third kappa shape index (κ3) is 3.45. The average molecular weight is 358 g/mol. The zero-order valence-corrected chi connectivity index (χ0v) is 12.8. The van der Waals surface area contributed by atoms with E-state index in [1.807, 2.05) is 18.2 Å². The maximum Gasteiger partial charge on any atom is 0.417 e. The summed E-state index contributed by atoms with van der Waals surface area (Å²) in [5, 5.41) is 11.7. The molecular formula is C13H7ClF3N5S. The van der Waals surface area contributed by atoms with Crippen LogP contribution in [0.15, 0.2) is 52.8 Å². The Morgan fingerprint density at radius 2 is 1.87 bits per heavy atom. The Kier molecular flexibility index (Phi) is 4.22. The second-order valence-corrected chi connectivity index (χ2v) is 5.68. The first-order valence-electron chi connectivity index (χ1n) is 6.19. The fraction of sp³-hybridized carbons (Fsp3) is 0.0769. The highest BCUT2D eigenvalue weighted by molar-refractivity contribution is 7.99. The molecule has 0 saturated carbocycles. The molecular weight excluding hydrogens is 351 g/mol. The first-order chi connectivity index (χ1) is 10.9. The van der Waals surface area contributed by atoms with Gasteiger partial charge in [-0.2, -0.15) is 17.9 Å². The number of rotatable bonds is 3. The Labute approximate surface area is 137 Å². The predicted octanol–water partition coefficient (Wildman–Crippen LogP) is 3.88. The maximum atomic E-state index is 12.6. The van der Waals surface area contributed by atoms with Gasteiger partial charge in [-0.1, -0.05) is 29.8 Å². The summed E-state index contributed by atoms with van der Waals surface area (Å²) in [5.74, 6) is 0. The van der Waals surface area contributed by atoms with Crippen molar-refractivity contribution in [3.63, 3.8) is 0 Å². The Morgan fingerprint density at radius 1 is 1.13 bits per heavy atom. The van der Waals surface area contributed by atoms with Gasteiger partial charge in [-0.05, 0) is 40.4 Å². The van der Waals surface area contributed by atoms with E-state index in [2.05, 4.69) is 20.5 Å². The van der Waals surface area contributed by atoms with Crippen molar-refractivity contribution in [1.29, 1.82) is 0 Å². The molecule has 0 aliphatic rings. The number of aromatic nitrogens is 5. The van der Waals surface area contributed by atoms with E-state index in [1.54, 1.807) is 12.1 Å². The quantitative estimate of drug-likeness (QED) is 0.712. The lowest BCUT2D eigenvalue weighted by Gasteiger charge is -2.08. The van der Waals surface area contributed by atoms with Crippen molar-refractivity contribution in [3.05, 3.63) is 53.2 Å². The molecule has 0 N–H and O–H groups in total. The van der Waals surface area contributed by atoms with Crippen LogP contribution in [0.2, 0.25) is 5.02 Å². The van der Waals surface area contributed by atoms with Gasteiger partial charge in [-0.3, -0.25) is 0 Å². The van der Waals surface area contributed by atoms with E-state index in [1.165, 1.54) is 4.68 Å². The molecule has 3 rings (SSSR count). The Bertz CT molecular complexity index is 822. The Morgan fingerprint density at radius 3 is 2.52 bits per heavy atom. The molecule has 2 aromatic heterocycles. The number of benzene rings is 1. The van der Waals surface area contributed by atoms with Crippen LogP contribution in [-0.4, -0.2) is 25.2 Å². The van der Waals surface area contributed by atoms with Crippen LogP contribution >= 0.6 is 23.4 Å². The Balaban J connectivity index is 1.91. The van der Waals surface area contributed by atoms with Crippen LogP contribution in [0.5, 0.6) is 0 Å². The summed E-state index contributed by atoms with van der Waals surface area (Å²) in [7, 11) is 0. The number of halogens is 4. The summed E-state index contributed by atoms with van der Waals surface area (Å²) in [5.41, 5.74) is -0.197. The second-order valence-electron chi connectivity index (χ2n) is 4.32. The minimum absolute atomic E-state index is 0.118. The lowest BCUT2D eigenvalue weighted by Crippen LogP contribution is -2.06. The molecule has 0 radical (unpaired) electrons. The van der Waals surface area contributed by atoms with Gasteiger partial charge in [0.1, 0.15) is 5.03 Å². The molecule has 2 heterocycles. The molecule has 10 heteroatoms. The molecule has 0 spiro atoms. The van der Waals surface area contributed by atoms with Crippen LogP contribution in [0, 0.1) is 0 Å². The molecule has 1 aromatic carbocycles. The maximum absolute atomic E-state index is 12.6. The molecule has 0 atom stereocenters. The molecule has 3 aromatic rings. The van der Waals surface area contributed by atoms with Crippen LogP contribution in [0.4, 0.5) is 13.2 Å². The van der Waals surface area contributed by atoms with E-state index in [-0.39, 0.29) is 10.0 Å². The largest absolute Gasteiger partial charge is 0.417 e. The van der Waals surface area contributed by atoms with Crippen LogP contribution in [-0.2, 0) is 6.18 Å². The lowest BCUT2D eigenvalue weighted by atomic mass is 10.3. The van der Waals surface area contributed by atoms with Gasteiger partial charge in [0.05, 0.1) is 16.3 Å². The van der Waals surface area contributed by atoms with Gasteiger partial charge in [0, 0.05) is 6.20 Å². The minimum Gasteiger partial charge on any atom is -0.247 e. The number of hydrogen-bond acceptors (Lipinski definition) is 5. The first kappa shape index (κ1) is 15.8. The highest BCUT2D eigenvalue weighted by atomic mass is 35.5. The standard InChI is InChI=1S/C13H7ClF3N5S/c14-10-6-8(13(15,16)17)7-18-11(10)23-12-19-20-21-22(12)9-4-2-1-3-5-9/h1-7H. The Hall–Kier alpha value is -2.13. The zero-order chi connectivity index (χ0) is 16.4. The number of hydrogen-bond donors (Lipinski definition) is 0. The number of alkyl halides is 3. The van der Waals surface area contributed by atoms with Gasteiger partial charge in [0.15, 0.2) is 0 Å². The van der Waals surface area contributed by atoms with Gasteiger partial charge in [0.25, 0.3) is 0 Å². The molecule has 5 nitrogen and oxygen atoms in total. The fourth-order valence-electron chi connectivity index (χ4n) is 1.72. The van der Waals surface area contributed by atoms with Crippen LogP contribution in [0.25, 0.3) is 5.69 Å². The molecule has 0 saturated heterocycles. The van der Waals surface area contributed by atoms with Gasteiger partial charge in [0.2, 0.25) is 5.16 Å². The molecule has 0 unspecified atom stereocenters. The van der Waals surface area contributed by atoms with E-state index in [0.29, 0.717) is 10.8 Å². The summed E-state index contributed by atoms with van der Waals surface area (Å²) in [6.07, 6.45) is -3.77. The topological polar surface area (TPSA) is 56.5 Å². The molecule has 0 bridgehead atoms. The van der Waals surface area contributed by atoms with Crippen molar-refractivity contribution < 1.29 is 13.2 Å². The monoisotopic (exact) mass is 357 g/mol. The molecule has 118 valence electrons. The summed E-state index contributed by atoms with van der Waals surface area (Å²) < 4.78 is 39.3. The second kappa shape index (κ2) is 6.17. The van der Waals surface area contributed by atoms with Crippen molar-refractivity contribution in [2.45, 2.75) is 16.4 Å². The van der Waals surface area contributed by atoms with Gasteiger partial charge in [-0.25, -0.2) is 4.98 Å². The van der Waals surface area contributed by atoms with Gasteiger partial charge >= 0.3 is 6.18 Å². The van der Waals surface area contributed by atoms with Crippen molar-refractivity contribution in [1.82, 2.24) is 25.2 Å². The minimum atomic E-state index is -4.49. The predicted molar refractivity (Wildman–Crippen MR) is 77.5 cm³/mol. The third-order valence-electron chi connectivity index (χ3n) is 2.76. The van der Waals surface area contributed by atoms with Gasteiger partial charge in [-0.15, -0.1) is 5.10 Å². The lowest BCUT2D eigenvalue weighted by molar-refractivity contribution is -0.137. The highest BCUT2D eigenvalue weighted by Gasteiger charge is 2.31. The summed E-state index contributed by atoms with van der Waals surface area (Å²) in [6.45, 7) is 0. The van der Waals surface area contributed by atoms with Crippen LogP contribution in [0.3, 0.4) is 0 Å². The number of nitrogens with zero attached hydrogens (tertiary/aromatic N) is 5. The molecule has 0 aliphatic carbocycles. The first-order valence-corrected chi connectivity index (χ1v) is 7.39. The van der Waals surface area contributed by atoms with Crippen LogP contribution in [0.1, 0.15) is 5.56 Å². The van der Waals surface area contributed by atoms with E-state index in [9.17, 15) is 13.2 Å². The summed E-state index contributed by atoms with van der Waals surface area (Å²) in [6, 6.07) is 9.89. The van der Waals surface area contributed by atoms with E-state index in [0.717, 1.165) is 24.0 Å². The van der Waals surface area contributed by atoms with Crippen molar-refractivity contribution in [3.8, 4) is 5.69 Å². The van der Waals surface area contributed by atoms with Crippen molar-refractivity contribution in [2.24, 2.45) is 0 Å². The zero-order valence-electron chi connectivity index (χ0n) is 11.2. The number of tetrazole rings is 1. The molecule has 0 aliphatic heterocycles. The van der Waals surface area contributed by atoms with Gasteiger partial charge < -0.3 is 0 Å². The molecule has 0 fully saturated rings. The molecule has 23 heavy (non-hydrogen) atoms. The third-order valence-corrected chi connectivity index (χ3v) is 4.12. The van der Waals surface area contributed by atoms with E-state index in [4.69, 9.17) is 11.6 Å². The average Bonchev–Trinajstić information content (AvgIpc) is 2.97. The smallest absolute Gasteiger partial charge is 0.247 e. The van der Waals surface area contributed by atoms with Crippen molar-refractivity contribution >= 4 is 23.4 Å². The normalized spacial score (nSPS) is 11.7. The van der Waals surface area contributed by atoms with Crippen LogP contribution < -0.4 is 0 Å². The number of para-hydroxylation sites is 1. The summed E-state index contributed by atoms with van der Waals surface area (Å²) >= 11 is 6.87. The molecule has 0 amide bonds. The SMILES string of the molecule is FC(F)(F)c1cnc(Sc2nnnn2-c2ccccc2)c(Cl)c1. The number of pyridine rings is 1. The van der Waals surface area contributed by atoms with Crippen molar-refractivity contribution in [2.75, 3.05) is 0 Å². The summed E-state index contributed by atoms with van der Waals surface area (Å²) in [4.78, 5) is 3.76. The highest BCUT2D eigenvalue weighted by Crippen LogP contribution is 2.35.